The minimum absolute atomic E-state index is 0.0527. The zero-order chi connectivity index (χ0) is 18.1. The van der Waals surface area contributed by atoms with Crippen molar-refractivity contribution in [2.24, 2.45) is 0 Å². The van der Waals surface area contributed by atoms with Crippen LogP contribution in [0.3, 0.4) is 0 Å². The third kappa shape index (κ3) is 2.98. The van der Waals surface area contributed by atoms with Crippen LogP contribution in [0.25, 0.3) is 0 Å². The van der Waals surface area contributed by atoms with E-state index in [-0.39, 0.29) is 5.91 Å². The molecule has 1 amide bonds. The van der Waals surface area contributed by atoms with Crippen molar-refractivity contribution < 1.29 is 13.2 Å². The van der Waals surface area contributed by atoms with Gasteiger partial charge < -0.3 is 4.90 Å². The lowest BCUT2D eigenvalue weighted by Crippen LogP contribution is -2.35. The van der Waals surface area contributed by atoms with E-state index < -0.39 is 10.0 Å². The number of amides is 1. The highest BCUT2D eigenvalue weighted by atomic mass is 32.2. The Bertz CT molecular complexity index is 919. The van der Waals surface area contributed by atoms with Crippen LogP contribution in [-0.4, -0.2) is 38.9 Å². The summed E-state index contributed by atoms with van der Waals surface area (Å²) in [6.07, 6.45) is 3.92. The quantitative estimate of drug-likeness (QED) is 0.834. The Balaban J connectivity index is 1.62. The molecular weight excluding hydrogens is 348 g/mol. The number of carbonyl (C=O) groups is 1. The van der Waals surface area contributed by atoms with Crippen LogP contribution < -0.4 is 4.31 Å². The van der Waals surface area contributed by atoms with E-state index in [2.05, 4.69) is 0 Å². The van der Waals surface area contributed by atoms with Crippen LogP contribution in [0.1, 0.15) is 35.2 Å². The molecule has 2 aromatic rings. The molecule has 0 bridgehead atoms. The molecule has 2 aliphatic rings. The molecular formula is C20H22N2O3S. The fraction of sp³-hybridized carbons (Fsp3) is 0.350. The number of carbonyl (C=O) groups excluding carboxylic acids is 1. The van der Waals surface area contributed by atoms with E-state index in [0.29, 0.717) is 29.1 Å². The van der Waals surface area contributed by atoms with Gasteiger partial charge in [0, 0.05) is 25.2 Å². The molecule has 5 nitrogen and oxygen atoms in total. The standard InChI is InChI=1S/C20H22N2O3S/c23-20(21-12-5-2-6-13-21)17-9-10-19-16(15-17)11-14-22(19)26(24,25)18-7-3-1-4-8-18/h1,3-4,7-10,15H,2,5-6,11-14H2. The highest BCUT2D eigenvalue weighted by Crippen LogP contribution is 2.33. The molecule has 0 aromatic heterocycles. The third-order valence-electron chi connectivity index (χ3n) is 5.15. The summed E-state index contributed by atoms with van der Waals surface area (Å²) in [5, 5.41) is 0. The fourth-order valence-corrected chi connectivity index (χ4v) is 5.28. The minimum atomic E-state index is -3.57. The molecule has 26 heavy (non-hydrogen) atoms. The van der Waals surface area contributed by atoms with E-state index in [0.717, 1.165) is 31.5 Å². The van der Waals surface area contributed by atoms with Crippen LogP contribution in [0.5, 0.6) is 0 Å². The van der Waals surface area contributed by atoms with Crippen molar-refractivity contribution in [3.05, 3.63) is 59.7 Å². The predicted octanol–water partition coefficient (Wildman–Crippen LogP) is 3.06. The molecule has 2 aliphatic heterocycles. The maximum absolute atomic E-state index is 12.9. The number of fused-ring (bicyclic) bond motifs is 1. The molecule has 0 aliphatic carbocycles. The van der Waals surface area contributed by atoms with E-state index in [4.69, 9.17) is 0 Å². The maximum Gasteiger partial charge on any atom is 0.264 e. The second-order valence-corrected chi connectivity index (χ2v) is 8.70. The van der Waals surface area contributed by atoms with Crippen molar-refractivity contribution in [3.63, 3.8) is 0 Å². The van der Waals surface area contributed by atoms with Crippen LogP contribution in [0.4, 0.5) is 5.69 Å². The second kappa shape index (κ2) is 6.76. The Kier molecular flexibility index (Phi) is 4.44. The van der Waals surface area contributed by atoms with Crippen molar-refractivity contribution in [1.82, 2.24) is 4.90 Å². The molecule has 4 rings (SSSR count). The summed E-state index contributed by atoms with van der Waals surface area (Å²) in [5.41, 5.74) is 2.26. The largest absolute Gasteiger partial charge is 0.339 e. The smallest absolute Gasteiger partial charge is 0.264 e. The lowest BCUT2D eigenvalue weighted by molar-refractivity contribution is 0.0724. The summed E-state index contributed by atoms with van der Waals surface area (Å²) in [5.74, 6) is 0.0527. The average Bonchev–Trinajstić information content (AvgIpc) is 3.13. The highest BCUT2D eigenvalue weighted by Gasteiger charge is 2.31. The SMILES string of the molecule is O=C(c1ccc2c(c1)CCN2S(=O)(=O)c1ccccc1)N1CCCCC1. The number of hydrogen-bond acceptors (Lipinski definition) is 3. The van der Waals surface area contributed by atoms with Gasteiger partial charge in [0.25, 0.3) is 15.9 Å². The second-order valence-electron chi connectivity index (χ2n) is 6.84. The molecule has 0 unspecified atom stereocenters. The summed E-state index contributed by atoms with van der Waals surface area (Å²) in [4.78, 5) is 14.9. The van der Waals surface area contributed by atoms with Gasteiger partial charge in [-0.15, -0.1) is 0 Å². The first-order valence-electron chi connectivity index (χ1n) is 9.07. The Hall–Kier alpha value is -2.34. The zero-order valence-electron chi connectivity index (χ0n) is 14.6. The molecule has 0 saturated carbocycles. The first kappa shape index (κ1) is 17.1. The van der Waals surface area contributed by atoms with Crippen LogP contribution in [0.2, 0.25) is 0 Å². The van der Waals surface area contributed by atoms with Crippen LogP contribution in [0.15, 0.2) is 53.4 Å². The number of rotatable bonds is 3. The van der Waals surface area contributed by atoms with Gasteiger partial charge in [-0.1, -0.05) is 18.2 Å². The summed E-state index contributed by atoms with van der Waals surface area (Å²) in [7, 11) is -3.57. The van der Waals surface area contributed by atoms with Crippen LogP contribution >= 0.6 is 0 Å². The Morgan fingerprint density at radius 3 is 2.35 bits per heavy atom. The zero-order valence-corrected chi connectivity index (χ0v) is 15.4. The monoisotopic (exact) mass is 370 g/mol. The molecule has 136 valence electrons. The van der Waals surface area contributed by atoms with Crippen LogP contribution in [-0.2, 0) is 16.4 Å². The van der Waals surface area contributed by atoms with Crippen molar-refractivity contribution in [1.29, 1.82) is 0 Å². The Morgan fingerprint density at radius 1 is 0.885 bits per heavy atom. The van der Waals surface area contributed by atoms with Crippen molar-refractivity contribution in [2.75, 3.05) is 23.9 Å². The topological polar surface area (TPSA) is 57.7 Å². The fourth-order valence-electron chi connectivity index (χ4n) is 3.75. The average molecular weight is 370 g/mol. The van der Waals surface area contributed by atoms with Crippen LogP contribution in [0, 0.1) is 0 Å². The maximum atomic E-state index is 12.9. The number of anilines is 1. The number of likely N-dealkylation sites (tertiary alicyclic amines) is 1. The summed E-state index contributed by atoms with van der Waals surface area (Å²) >= 11 is 0. The molecule has 0 radical (unpaired) electrons. The minimum Gasteiger partial charge on any atom is -0.339 e. The highest BCUT2D eigenvalue weighted by molar-refractivity contribution is 7.92. The molecule has 2 heterocycles. The number of piperidine rings is 1. The van der Waals surface area contributed by atoms with Gasteiger partial charge in [-0.25, -0.2) is 8.42 Å². The van der Waals surface area contributed by atoms with Crippen molar-refractivity contribution in [2.45, 2.75) is 30.6 Å². The van der Waals surface area contributed by atoms with E-state index in [9.17, 15) is 13.2 Å². The third-order valence-corrected chi connectivity index (χ3v) is 6.98. The molecule has 0 spiro atoms. The number of nitrogens with zero attached hydrogens (tertiary/aromatic N) is 2. The van der Waals surface area contributed by atoms with E-state index in [1.807, 2.05) is 11.0 Å². The van der Waals surface area contributed by atoms with Gasteiger partial charge in [-0.3, -0.25) is 9.10 Å². The lowest BCUT2D eigenvalue weighted by Gasteiger charge is -2.27. The molecule has 6 heteroatoms. The van der Waals surface area contributed by atoms with Gasteiger partial charge in [0.1, 0.15) is 0 Å². The van der Waals surface area contributed by atoms with Gasteiger partial charge in [0.15, 0.2) is 0 Å². The lowest BCUT2D eigenvalue weighted by atomic mass is 10.1. The Morgan fingerprint density at radius 2 is 1.62 bits per heavy atom. The van der Waals surface area contributed by atoms with E-state index >= 15 is 0 Å². The predicted molar refractivity (Wildman–Crippen MR) is 101 cm³/mol. The van der Waals surface area contributed by atoms with E-state index in [1.54, 1.807) is 42.5 Å². The van der Waals surface area contributed by atoms with Crippen molar-refractivity contribution in [3.8, 4) is 0 Å². The molecule has 0 N–H and O–H groups in total. The Labute approximate surface area is 154 Å². The molecule has 2 aromatic carbocycles. The summed E-state index contributed by atoms with van der Waals surface area (Å²) in [6, 6.07) is 13.9. The molecule has 1 saturated heterocycles. The summed E-state index contributed by atoms with van der Waals surface area (Å²) in [6.45, 7) is 2.03. The first-order chi connectivity index (χ1) is 12.6. The van der Waals surface area contributed by atoms with Crippen molar-refractivity contribution >= 4 is 21.6 Å². The number of benzene rings is 2. The normalized spacial score (nSPS) is 17.2. The molecule has 0 atom stereocenters. The van der Waals surface area contributed by atoms with Gasteiger partial charge in [-0.05, 0) is 61.6 Å². The molecule has 1 fully saturated rings. The summed E-state index contributed by atoms with van der Waals surface area (Å²) < 4.78 is 27.3. The van der Waals surface area contributed by atoms with Gasteiger partial charge in [-0.2, -0.15) is 0 Å². The van der Waals surface area contributed by atoms with E-state index in [1.165, 1.54) is 10.7 Å². The number of hydrogen-bond donors (Lipinski definition) is 0. The number of sulfonamides is 1. The first-order valence-corrected chi connectivity index (χ1v) is 10.5. The van der Waals surface area contributed by atoms with Gasteiger partial charge >= 0.3 is 0 Å². The van der Waals surface area contributed by atoms with Gasteiger partial charge in [0.05, 0.1) is 10.6 Å². The van der Waals surface area contributed by atoms with Gasteiger partial charge in [0.2, 0.25) is 0 Å².